The van der Waals surface area contributed by atoms with E-state index in [0.29, 0.717) is 12.1 Å². The lowest BCUT2D eigenvalue weighted by Gasteiger charge is -2.35. The van der Waals surface area contributed by atoms with Crippen molar-refractivity contribution in [3.8, 4) is 0 Å². The molecule has 2 fully saturated rings. The lowest BCUT2D eigenvalue weighted by molar-refractivity contribution is 0.0126. The SMILES string of the molecule is CC(C)(C)OC(=O)N1C[C@@H]2C[C@H]1CN2CCCO. The highest BCUT2D eigenvalue weighted by Gasteiger charge is 2.45. The normalized spacial score (nSPS) is 27.9. The van der Waals surface area contributed by atoms with Gasteiger partial charge in [0.2, 0.25) is 0 Å². The van der Waals surface area contributed by atoms with E-state index in [-0.39, 0.29) is 12.7 Å². The minimum Gasteiger partial charge on any atom is -0.444 e. The van der Waals surface area contributed by atoms with Gasteiger partial charge < -0.3 is 14.7 Å². The van der Waals surface area contributed by atoms with E-state index in [0.717, 1.165) is 32.5 Å². The Bertz CT molecular complexity index is 314. The largest absolute Gasteiger partial charge is 0.444 e. The Morgan fingerprint density at radius 2 is 2.06 bits per heavy atom. The molecule has 104 valence electrons. The fourth-order valence-electron chi connectivity index (χ4n) is 2.84. The van der Waals surface area contributed by atoms with E-state index >= 15 is 0 Å². The maximum atomic E-state index is 12.0. The zero-order valence-electron chi connectivity index (χ0n) is 11.6. The Kier molecular flexibility index (Phi) is 3.82. The number of fused-ring (bicyclic) bond motifs is 2. The molecule has 1 amide bonds. The van der Waals surface area contributed by atoms with E-state index in [4.69, 9.17) is 9.84 Å². The number of rotatable bonds is 3. The van der Waals surface area contributed by atoms with Gasteiger partial charge in [0, 0.05) is 38.3 Å². The second-order valence-electron chi connectivity index (χ2n) is 6.25. The van der Waals surface area contributed by atoms with E-state index < -0.39 is 5.60 Å². The smallest absolute Gasteiger partial charge is 0.410 e. The highest BCUT2D eigenvalue weighted by molar-refractivity contribution is 5.69. The fraction of sp³-hybridized carbons (Fsp3) is 0.923. The third kappa shape index (κ3) is 2.95. The average molecular weight is 256 g/mol. The van der Waals surface area contributed by atoms with Crippen LogP contribution >= 0.6 is 0 Å². The van der Waals surface area contributed by atoms with Crippen LogP contribution in [0.15, 0.2) is 0 Å². The Labute approximate surface area is 109 Å². The first-order chi connectivity index (χ1) is 8.40. The zero-order chi connectivity index (χ0) is 13.3. The molecule has 0 radical (unpaired) electrons. The van der Waals surface area contributed by atoms with Crippen molar-refractivity contribution in [3.05, 3.63) is 0 Å². The molecule has 0 unspecified atom stereocenters. The van der Waals surface area contributed by atoms with E-state index in [9.17, 15) is 4.79 Å². The molecular formula is C13H24N2O3. The minimum absolute atomic E-state index is 0.184. The van der Waals surface area contributed by atoms with Crippen LogP contribution in [0.3, 0.4) is 0 Å². The summed E-state index contributed by atoms with van der Waals surface area (Å²) in [6, 6.07) is 0.748. The molecule has 1 N–H and O–H groups in total. The number of hydrogen-bond acceptors (Lipinski definition) is 4. The molecule has 2 bridgehead atoms. The van der Waals surface area contributed by atoms with Crippen LogP contribution in [0.4, 0.5) is 4.79 Å². The fourth-order valence-corrected chi connectivity index (χ4v) is 2.84. The molecule has 2 rings (SSSR count). The Balaban J connectivity index is 1.85. The van der Waals surface area contributed by atoms with Crippen LogP contribution in [-0.2, 0) is 4.74 Å². The van der Waals surface area contributed by atoms with Crippen LogP contribution in [0.25, 0.3) is 0 Å². The maximum Gasteiger partial charge on any atom is 0.410 e. The molecule has 0 aliphatic carbocycles. The first kappa shape index (κ1) is 13.6. The number of carbonyl (C=O) groups is 1. The molecule has 0 aromatic carbocycles. The molecule has 0 saturated carbocycles. The summed E-state index contributed by atoms with van der Waals surface area (Å²) in [4.78, 5) is 16.3. The van der Waals surface area contributed by atoms with Gasteiger partial charge in [-0.05, 0) is 33.6 Å². The summed E-state index contributed by atoms with van der Waals surface area (Å²) in [5, 5.41) is 8.85. The Morgan fingerprint density at radius 3 is 2.56 bits per heavy atom. The second-order valence-corrected chi connectivity index (χ2v) is 6.25. The molecule has 0 aromatic heterocycles. The lowest BCUT2D eigenvalue weighted by atomic mass is 10.2. The summed E-state index contributed by atoms with van der Waals surface area (Å²) in [5.74, 6) is 0. The van der Waals surface area contributed by atoms with Gasteiger partial charge in [-0.25, -0.2) is 4.79 Å². The summed E-state index contributed by atoms with van der Waals surface area (Å²) in [7, 11) is 0. The van der Waals surface area contributed by atoms with Crippen molar-refractivity contribution < 1.29 is 14.6 Å². The summed E-state index contributed by atoms with van der Waals surface area (Å²) in [6.45, 7) is 8.55. The number of aliphatic hydroxyl groups is 1. The summed E-state index contributed by atoms with van der Waals surface area (Å²) in [5.41, 5.74) is -0.421. The third-order valence-electron chi connectivity index (χ3n) is 3.59. The van der Waals surface area contributed by atoms with Crippen LogP contribution in [-0.4, -0.2) is 64.9 Å². The number of ether oxygens (including phenoxy) is 1. The van der Waals surface area contributed by atoms with Gasteiger partial charge in [0.15, 0.2) is 0 Å². The van der Waals surface area contributed by atoms with Gasteiger partial charge >= 0.3 is 6.09 Å². The number of amides is 1. The Morgan fingerprint density at radius 1 is 1.33 bits per heavy atom. The maximum absolute atomic E-state index is 12.0. The molecule has 5 nitrogen and oxygen atoms in total. The van der Waals surface area contributed by atoms with Crippen molar-refractivity contribution in [2.75, 3.05) is 26.2 Å². The lowest BCUT2D eigenvalue weighted by Crippen LogP contribution is -2.50. The summed E-state index contributed by atoms with van der Waals surface area (Å²) >= 11 is 0. The number of nitrogens with zero attached hydrogens (tertiary/aromatic N) is 2. The second kappa shape index (κ2) is 5.05. The predicted octanol–water partition coefficient (Wildman–Crippen LogP) is 1.06. The molecule has 0 spiro atoms. The van der Waals surface area contributed by atoms with Crippen LogP contribution < -0.4 is 0 Å². The van der Waals surface area contributed by atoms with Crippen molar-refractivity contribution in [2.24, 2.45) is 0 Å². The molecule has 2 heterocycles. The summed E-state index contributed by atoms with van der Waals surface area (Å²) in [6.07, 6.45) is 1.68. The number of carbonyl (C=O) groups excluding carboxylic acids is 1. The van der Waals surface area contributed by atoms with E-state index in [1.807, 2.05) is 25.7 Å². The van der Waals surface area contributed by atoms with Gasteiger partial charge in [0.1, 0.15) is 5.60 Å². The molecule has 0 aromatic rings. The highest BCUT2D eigenvalue weighted by Crippen LogP contribution is 2.31. The van der Waals surface area contributed by atoms with Gasteiger partial charge in [-0.15, -0.1) is 0 Å². The topological polar surface area (TPSA) is 53.0 Å². The van der Waals surface area contributed by atoms with Gasteiger partial charge in [-0.3, -0.25) is 4.90 Å². The van der Waals surface area contributed by atoms with Gasteiger partial charge in [-0.1, -0.05) is 0 Å². The van der Waals surface area contributed by atoms with Crippen LogP contribution in [0.1, 0.15) is 33.6 Å². The standard InChI is InChI=1S/C13H24N2O3/c1-13(2,3)18-12(17)15-9-10-7-11(15)8-14(10)5-4-6-16/h10-11,16H,4-9H2,1-3H3/t10-,11-/m0/s1. The van der Waals surface area contributed by atoms with Crippen LogP contribution in [0, 0.1) is 0 Å². The van der Waals surface area contributed by atoms with Crippen molar-refractivity contribution in [2.45, 2.75) is 51.3 Å². The molecule has 5 heteroatoms. The van der Waals surface area contributed by atoms with Gasteiger partial charge in [0.25, 0.3) is 0 Å². The highest BCUT2D eigenvalue weighted by atomic mass is 16.6. The number of hydrogen-bond donors (Lipinski definition) is 1. The van der Waals surface area contributed by atoms with Crippen molar-refractivity contribution >= 4 is 6.09 Å². The van der Waals surface area contributed by atoms with E-state index in [2.05, 4.69) is 4.90 Å². The van der Waals surface area contributed by atoms with Crippen molar-refractivity contribution in [1.82, 2.24) is 9.80 Å². The molecule has 2 aliphatic heterocycles. The Hall–Kier alpha value is -0.810. The molecule has 2 atom stereocenters. The zero-order valence-corrected chi connectivity index (χ0v) is 11.6. The van der Waals surface area contributed by atoms with Crippen LogP contribution in [0.2, 0.25) is 0 Å². The molecule has 2 saturated heterocycles. The first-order valence-corrected chi connectivity index (χ1v) is 6.75. The van der Waals surface area contributed by atoms with Gasteiger partial charge in [0.05, 0.1) is 0 Å². The quantitative estimate of drug-likeness (QED) is 0.820. The van der Waals surface area contributed by atoms with E-state index in [1.165, 1.54) is 0 Å². The molecule has 2 aliphatic rings. The van der Waals surface area contributed by atoms with Crippen molar-refractivity contribution in [3.63, 3.8) is 0 Å². The average Bonchev–Trinajstić information content (AvgIpc) is 2.82. The summed E-state index contributed by atoms with van der Waals surface area (Å²) < 4.78 is 5.42. The number of piperazine rings is 1. The third-order valence-corrected chi connectivity index (χ3v) is 3.59. The minimum atomic E-state index is -0.421. The van der Waals surface area contributed by atoms with Crippen molar-refractivity contribution in [1.29, 1.82) is 0 Å². The predicted molar refractivity (Wildman–Crippen MR) is 68.4 cm³/mol. The van der Waals surface area contributed by atoms with Crippen LogP contribution in [0.5, 0.6) is 0 Å². The molecule has 18 heavy (non-hydrogen) atoms. The first-order valence-electron chi connectivity index (χ1n) is 6.75. The van der Waals surface area contributed by atoms with Gasteiger partial charge in [-0.2, -0.15) is 0 Å². The molecular weight excluding hydrogens is 232 g/mol. The van der Waals surface area contributed by atoms with E-state index in [1.54, 1.807) is 0 Å². The number of aliphatic hydroxyl groups excluding tert-OH is 1. The number of likely N-dealkylation sites (tertiary alicyclic amines) is 2. The monoisotopic (exact) mass is 256 g/mol.